The smallest absolute Gasteiger partial charge is 0.336 e. The minimum absolute atomic E-state index is 0.338. The van der Waals surface area contributed by atoms with Gasteiger partial charge in [0.25, 0.3) is 0 Å². The molecular formula is C15H17O3. The van der Waals surface area contributed by atoms with Crippen molar-refractivity contribution in [1.82, 2.24) is 0 Å². The third-order valence-electron chi connectivity index (χ3n) is 2.76. The second kappa shape index (κ2) is 6.24. The molecule has 2 aromatic rings. The number of ether oxygens (including phenoxy) is 1. The third kappa shape index (κ3) is 3.36. The highest BCUT2D eigenvalue weighted by Gasteiger charge is 2.00. The Bertz CT molecular complexity index is 557. The van der Waals surface area contributed by atoms with Gasteiger partial charge in [-0.3, -0.25) is 0 Å². The van der Waals surface area contributed by atoms with Crippen LogP contribution < -0.4 is 10.4 Å². The van der Waals surface area contributed by atoms with Gasteiger partial charge in [-0.25, -0.2) is 4.79 Å². The first-order valence-corrected chi connectivity index (χ1v) is 6.25. The molecule has 0 spiro atoms. The standard InChI is InChI=1S/C15H17O3/c1-2-3-4-5-10-17-13-8-6-12-7-9-15(16)18-14(12)11-13/h6-9,11H,1-5,10H2. The monoisotopic (exact) mass is 245 g/mol. The molecule has 0 atom stereocenters. The molecule has 0 aliphatic heterocycles. The summed E-state index contributed by atoms with van der Waals surface area (Å²) in [7, 11) is 0. The summed E-state index contributed by atoms with van der Waals surface area (Å²) in [4.78, 5) is 11.1. The highest BCUT2D eigenvalue weighted by atomic mass is 16.5. The summed E-state index contributed by atoms with van der Waals surface area (Å²) in [6.07, 6.45) is 4.26. The van der Waals surface area contributed by atoms with Crippen molar-refractivity contribution < 1.29 is 9.15 Å². The van der Waals surface area contributed by atoms with Crippen molar-refractivity contribution in [2.45, 2.75) is 25.7 Å². The third-order valence-corrected chi connectivity index (χ3v) is 2.76. The van der Waals surface area contributed by atoms with Crippen LogP contribution in [0.15, 0.2) is 39.5 Å². The molecule has 0 amide bonds. The molecule has 18 heavy (non-hydrogen) atoms. The summed E-state index contributed by atoms with van der Waals surface area (Å²) in [6.45, 7) is 4.48. The van der Waals surface area contributed by atoms with Gasteiger partial charge in [0, 0.05) is 17.5 Å². The summed E-state index contributed by atoms with van der Waals surface area (Å²) in [5, 5.41) is 0.902. The van der Waals surface area contributed by atoms with E-state index in [2.05, 4.69) is 6.92 Å². The normalized spacial score (nSPS) is 10.7. The van der Waals surface area contributed by atoms with Gasteiger partial charge in [0.2, 0.25) is 0 Å². The lowest BCUT2D eigenvalue weighted by atomic mass is 10.2. The van der Waals surface area contributed by atoms with Crippen LogP contribution in [0.4, 0.5) is 0 Å². The Kier molecular flexibility index (Phi) is 4.40. The van der Waals surface area contributed by atoms with Gasteiger partial charge in [-0.15, -0.1) is 0 Å². The van der Waals surface area contributed by atoms with Gasteiger partial charge in [0.1, 0.15) is 11.3 Å². The van der Waals surface area contributed by atoms with Gasteiger partial charge in [-0.2, -0.15) is 0 Å². The molecule has 3 heteroatoms. The second-order valence-corrected chi connectivity index (χ2v) is 4.22. The number of hydrogen-bond acceptors (Lipinski definition) is 3. The van der Waals surface area contributed by atoms with E-state index in [1.54, 1.807) is 12.1 Å². The van der Waals surface area contributed by atoms with Crippen molar-refractivity contribution in [2.24, 2.45) is 0 Å². The molecular weight excluding hydrogens is 228 g/mol. The zero-order chi connectivity index (χ0) is 12.8. The molecule has 1 radical (unpaired) electrons. The van der Waals surface area contributed by atoms with E-state index in [9.17, 15) is 4.79 Å². The summed E-state index contributed by atoms with van der Waals surface area (Å²) >= 11 is 0. The zero-order valence-electron chi connectivity index (χ0n) is 10.4. The Morgan fingerprint density at radius 1 is 1.11 bits per heavy atom. The molecule has 95 valence electrons. The molecule has 0 bridgehead atoms. The molecule has 0 fully saturated rings. The maximum atomic E-state index is 11.1. The molecule has 1 heterocycles. The molecule has 2 rings (SSSR count). The number of hydrogen-bond donors (Lipinski definition) is 0. The number of benzene rings is 1. The summed E-state index contributed by atoms with van der Waals surface area (Å²) < 4.78 is 10.7. The van der Waals surface area contributed by atoms with E-state index in [-0.39, 0.29) is 5.63 Å². The van der Waals surface area contributed by atoms with E-state index >= 15 is 0 Å². The molecule has 0 aliphatic carbocycles. The number of unbranched alkanes of at least 4 members (excludes halogenated alkanes) is 3. The first-order chi connectivity index (χ1) is 8.79. The van der Waals surface area contributed by atoms with Crippen LogP contribution in [0.5, 0.6) is 5.75 Å². The van der Waals surface area contributed by atoms with Crippen LogP contribution in [0.1, 0.15) is 25.7 Å². The fourth-order valence-electron chi connectivity index (χ4n) is 1.78. The average Bonchev–Trinajstić information content (AvgIpc) is 2.38. The summed E-state index contributed by atoms with van der Waals surface area (Å²) in [5.74, 6) is 0.742. The van der Waals surface area contributed by atoms with Crippen LogP contribution >= 0.6 is 0 Å². The first-order valence-electron chi connectivity index (χ1n) is 6.25. The van der Waals surface area contributed by atoms with Gasteiger partial charge in [0.05, 0.1) is 6.61 Å². The molecule has 0 N–H and O–H groups in total. The molecule has 1 aromatic carbocycles. The highest BCUT2D eigenvalue weighted by molar-refractivity contribution is 5.77. The lowest BCUT2D eigenvalue weighted by Crippen LogP contribution is -1.98. The van der Waals surface area contributed by atoms with E-state index in [1.807, 2.05) is 12.1 Å². The Morgan fingerprint density at radius 3 is 2.78 bits per heavy atom. The van der Waals surface area contributed by atoms with Gasteiger partial charge in [-0.05, 0) is 24.6 Å². The Morgan fingerprint density at radius 2 is 1.94 bits per heavy atom. The van der Waals surface area contributed by atoms with Gasteiger partial charge in [-0.1, -0.05) is 26.2 Å². The summed E-state index contributed by atoms with van der Waals surface area (Å²) in [5.41, 5.74) is 0.229. The summed E-state index contributed by atoms with van der Waals surface area (Å²) in [6, 6.07) is 8.71. The van der Waals surface area contributed by atoms with Crippen LogP contribution in [0.25, 0.3) is 11.0 Å². The SMILES string of the molecule is [CH2]CCCCCOc1ccc2ccc(=O)oc2c1. The highest BCUT2D eigenvalue weighted by Crippen LogP contribution is 2.19. The van der Waals surface area contributed by atoms with Crippen LogP contribution in [-0.2, 0) is 0 Å². The van der Waals surface area contributed by atoms with E-state index < -0.39 is 0 Å². The van der Waals surface area contributed by atoms with Crippen LogP contribution in [0, 0.1) is 6.92 Å². The van der Waals surface area contributed by atoms with Crippen molar-refractivity contribution >= 4 is 11.0 Å². The minimum Gasteiger partial charge on any atom is -0.493 e. The fourth-order valence-corrected chi connectivity index (χ4v) is 1.78. The van der Waals surface area contributed by atoms with Gasteiger partial charge >= 0.3 is 5.63 Å². The van der Waals surface area contributed by atoms with Crippen molar-refractivity contribution in [3.63, 3.8) is 0 Å². The van der Waals surface area contributed by atoms with Gasteiger partial charge < -0.3 is 9.15 Å². The molecule has 1 aromatic heterocycles. The molecule has 3 nitrogen and oxygen atoms in total. The van der Waals surface area contributed by atoms with Crippen molar-refractivity contribution in [3.05, 3.63) is 47.7 Å². The number of fused-ring (bicyclic) bond motifs is 1. The van der Waals surface area contributed by atoms with E-state index in [0.29, 0.717) is 12.2 Å². The molecule has 0 saturated heterocycles. The van der Waals surface area contributed by atoms with Crippen LogP contribution in [-0.4, -0.2) is 6.61 Å². The molecule has 0 aliphatic rings. The van der Waals surface area contributed by atoms with E-state index in [0.717, 1.165) is 36.8 Å². The molecule has 0 saturated carbocycles. The number of rotatable bonds is 6. The Balaban J connectivity index is 1.99. The minimum atomic E-state index is -0.338. The van der Waals surface area contributed by atoms with E-state index in [4.69, 9.17) is 9.15 Å². The zero-order valence-corrected chi connectivity index (χ0v) is 10.4. The second-order valence-electron chi connectivity index (χ2n) is 4.22. The lowest BCUT2D eigenvalue weighted by molar-refractivity contribution is 0.305. The lowest BCUT2D eigenvalue weighted by Gasteiger charge is -2.06. The fraction of sp³-hybridized carbons (Fsp3) is 0.333. The quantitative estimate of drug-likeness (QED) is 0.577. The first kappa shape index (κ1) is 12.7. The van der Waals surface area contributed by atoms with Gasteiger partial charge in [0.15, 0.2) is 0 Å². The average molecular weight is 245 g/mol. The van der Waals surface area contributed by atoms with Crippen molar-refractivity contribution in [3.8, 4) is 5.75 Å². The van der Waals surface area contributed by atoms with E-state index in [1.165, 1.54) is 6.07 Å². The maximum absolute atomic E-state index is 11.1. The topological polar surface area (TPSA) is 39.4 Å². The van der Waals surface area contributed by atoms with Crippen LogP contribution in [0.2, 0.25) is 0 Å². The predicted octanol–water partition coefficient (Wildman–Crippen LogP) is 3.57. The largest absolute Gasteiger partial charge is 0.493 e. The van der Waals surface area contributed by atoms with Crippen molar-refractivity contribution in [2.75, 3.05) is 6.61 Å². The predicted molar refractivity (Wildman–Crippen MR) is 71.8 cm³/mol. The Labute approximate surface area is 106 Å². The van der Waals surface area contributed by atoms with Crippen LogP contribution in [0.3, 0.4) is 0 Å². The van der Waals surface area contributed by atoms with Crippen molar-refractivity contribution in [1.29, 1.82) is 0 Å². The maximum Gasteiger partial charge on any atom is 0.336 e. The Hall–Kier alpha value is -1.77. The molecule has 0 unspecified atom stereocenters.